The predicted molar refractivity (Wildman–Crippen MR) is 269 cm³/mol. The van der Waals surface area contributed by atoms with Crippen LogP contribution in [0.3, 0.4) is 0 Å². The second-order valence-corrected chi connectivity index (χ2v) is 24.8. The van der Waals surface area contributed by atoms with Crippen LogP contribution >= 0.6 is 7.82 Å². The maximum absolute atomic E-state index is 14.1. The zero-order valence-electron chi connectivity index (χ0n) is 45.2. The van der Waals surface area contributed by atoms with Gasteiger partial charge >= 0.3 is 37.9 Å². The van der Waals surface area contributed by atoms with Crippen LogP contribution < -0.4 is 0 Å². The molecule has 2 aromatic carbocycles. The highest BCUT2D eigenvalue weighted by molar-refractivity contribution is 7.47. The summed E-state index contributed by atoms with van der Waals surface area (Å²) in [5.74, 6) is -2.17. The Balaban J connectivity index is 0.00000561. The van der Waals surface area contributed by atoms with Crippen molar-refractivity contribution in [2.75, 3.05) is 59.0 Å². The van der Waals surface area contributed by atoms with Crippen LogP contribution in [0.25, 0.3) is 0 Å². The Labute approximate surface area is 423 Å². The molecule has 0 bridgehead atoms. The second kappa shape index (κ2) is 27.1. The fourth-order valence-electron chi connectivity index (χ4n) is 8.28. The topological polar surface area (TPSA) is 205 Å². The predicted octanol–water partition coefficient (Wildman–Crippen LogP) is 8.15. The van der Waals surface area contributed by atoms with Crippen LogP contribution in [0.4, 0.5) is 0 Å². The molecule has 0 aromatic heterocycles. The van der Waals surface area contributed by atoms with Crippen LogP contribution in [0.2, 0.25) is 0 Å². The molecule has 1 aliphatic carbocycles. The van der Waals surface area contributed by atoms with Gasteiger partial charge < -0.3 is 23.8 Å². The largest absolute Gasteiger partial charge is 0.472 e. The standard InChI is InChI=1S/C52H84N3O12P.CO2/c1-47(2,3)38-55(36-46(59)66-51(13,14)15)41(37-62-68(60,61)67-42-26-28-52(29-27-42,39-22-18-16-19-23-39)40-24-20-17-21-25-40)32-53(33-43(56)63-48(4,5)6)30-31-54(34-44(57)64-49(7,8)9)35-45(58)65-50(10,11)12;2-1-3/h16-25,41-42H,26-38H2,1-15H3,(H,60,61);/t41-;/m1./s1. The highest BCUT2D eigenvalue weighted by Crippen LogP contribution is 2.51. The minimum Gasteiger partial charge on any atom is -0.459 e. The number of carbonyl (C=O) groups excluding carboxylic acids is 6. The number of nitrogens with zero attached hydrogens (tertiary/aromatic N) is 3. The molecule has 1 N–H and O–H groups in total. The first kappa shape index (κ1) is 62.8. The van der Waals surface area contributed by atoms with Crippen molar-refractivity contribution in [1.29, 1.82) is 0 Å². The van der Waals surface area contributed by atoms with Crippen molar-refractivity contribution >= 4 is 37.9 Å². The average molecular weight is 1020 g/mol. The number of benzene rings is 2. The van der Waals surface area contributed by atoms with Crippen LogP contribution in [0.15, 0.2) is 60.7 Å². The van der Waals surface area contributed by atoms with E-state index >= 15 is 0 Å². The zero-order valence-corrected chi connectivity index (χ0v) is 46.1. The van der Waals surface area contributed by atoms with Crippen molar-refractivity contribution < 1.29 is 66.2 Å². The third-order valence-electron chi connectivity index (χ3n) is 10.6. The van der Waals surface area contributed by atoms with E-state index in [0.717, 1.165) is 0 Å². The van der Waals surface area contributed by atoms with E-state index in [1.54, 1.807) is 92.9 Å². The summed E-state index contributed by atoms with van der Waals surface area (Å²) in [5, 5.41) is 0. The molecule has 0 aliphatic heterocycles. The van der Waals surface area contributed by atoms with Gasteiger partial charge in [0.05, 0.1) is 38.9 Å². The maximum atomic E-state index is 14.1. The van der Waals surface area contributed by atoms with Gasteiger partial charge in [-0.05, 0) is 125 Å². The molecule has 3 rings (SSSR count). The summed E-state index contributed by atoms with van der Waals surface area (Å²) in [5.41, 5.74) is -1.51. The molecule has 1 fully saturated rings. The Kier molecular flexibility index (Phi) is 24.0. The third kappa shape index (κ3) is 26.3. The fraction of sp³-hybridized carbons (Fsp3) is 0.679. The second-order valence-electron chi connectivity index (χ2n) is 23.4. The molecule has 0 heterocycles. The van der Waals surface area contributed by atoms with Gasteiger partial charge in [0.1, 0.15) is 22.4 Å². The quantitative estimate of drug-likeness (QED) is 0.0671. The molecule has 71 heavy (non-hydrogen) atoms. The molecule has 2 atom stereocenters. The fourth-order valence-corrected chi connectivity index (χ4v) is 9.29. The molecule has 1 unspecified atom stereocenters. The van der Waals surface area contributed by atoms with E-state index in [1.165, 1.54) is 11.1 Å². The van der Waals surface area contributed by atoms with E-state index in [-0.39, 0.29) is 69.4 Å². The van der Waals surface area contributed by atoms with Gasteiger partial charge in [-0.3, -0.25) is 42.9 Å². The first-order valence-electron chi connectivity index (χ1n) is 24.3. The molecule has 1 aliphatic rings. The highest BCUT2D eigenvalue weighted by atomic mass is 31.2. The molecule has 0 spiro atoms. The average Bonchev–Trinajstić information content (AvgIpc) is 3.19. The molecular weight excluding hydrogens is 934 g/mol. The normalized spacial score (nSPS) is 16.0. The summed E-state index contributed by atoms with van der Waals surface area (Å²) in [6, 6.07) is 19.8. The van der Waals surface area contributed by atoms with E-state index in [1.807, 2.05) is 62.1 Å². The first-order valence-corrected chi connectivity index (χ1v) is 25.8. The van der Waals surface area contributed by atoms with Gasteiger partial charge in [0, 0.05) is 37.6 Å². The van der Waals surface area contributed by atoms with Gasteiger partial charge in [0.25, 0.3) is 0 Å². The van der Waals surface area contributed by atoms with E-state index in [0.29, 0.717) is 32.2 Å². The summed E-state index contributed by atoms with van der Waals surface area (Å²) >= 11 is 0. The monoisotopic (exact) mass is 1020 g/mol. The summed E-state index contributed by atoms with van der Waals surface area (Å²) < 4.78 is 48.7. The minimum absolute atomic E-state index is 0.0188. The molecule has 0 saturated heterocycles. The minimum atomic E-state index is -4.72. The molecule has 18 heteroatoms. The Morgan fingerprint density at radius 2 is 0.972 bits per heavy atom. The Bertz CT molecular complexity index is 1980. The number of rotatable bonds is 22. The van der Waals surface area contributed by atoms with Crippen LogP contribution in [0.1, 0.15) is 141 Å². The number of hydrogen-bond acceptors (Lipinski definition) is 16. The lowest BCUT2D eigenvalue weighted by molar-refractivity contribution is -0.192. The lowest BCUT2D eigenvalue weighted by Gasteiger charge is -2.41. The molecule has 1 saturated carbocycles. The van der Waals surface area contributed by atoms with Gasteiger partial charge in [-0.2, -0.15) is 9.59 Å². The van der Waals surface area contributed by atoms with E-state index < -0.39 is 66.2 Å². The number of carbonyl (C=O) groups is 4. The first-order chi connectivity index (χ1) is 32.5. The van der Waals surface area contributed by atoms with Gasteiger partial charge in [0.15, 0.2) is 0 Å². The Morgan fingerprint density at radius 1 is 0.620 bits per heavy atom. The summed E-state index contributed by atoms with van der Waals surface area (Å²) in [6.45, 7) is 26.4. The van der Waals surface area contributed by atoms with Gasteiger partial charge in [0.2, 0.25) is 0 Å². The molecule has 0 amide bonds. The van der Waals surface area contributed by atoms with Crippen molar-refractivity contribution in [2.45, 2.75) is 170 Å². The lowest BCUT2D eigenvalue weighted by Crippen LogP contribution is -2.53. The van der Waals surface area contributed by atoms with E-state index in [2.05, 4.69) is 24.3 Å². The summed E-state index contributed by atoms with van der Waals surface area (Å²) in [4.78, 5) is 86.5. The third-order valence-corrected chi connectivity index (χ3v) is 11.7. The molecule has 2 aromatic rings. The maximum Gasteiger partial charge on any atom is 0.472 e. The van der Waals surface area contributed by atoms with Crippen molar-refractivity contribution in [3.05, 3.63) is 71.8 Å². The van der Waals surface area contributed by atoms with Gasteiger partial charge in [-0.25, -0.2) is 4.57 Å². The van der Waals surface area contributed by atoms with Crippen LogP contribution in [-0.4, -0.2) is 143 Å². The van der Waals surface area contributed by atoms with Crippen molar-refractivity contribution in [3.63, 3.8) is 0 Å². The van der Waals surface area contributed by atoms with Crippen molar-refractivity contribution in [1.82, 2.24) is 14.7 Å². The summed E-state index contributed by atoms with van der Waals surface area (Å²) in [7, 11) is -4.72. The molecule has 400 valence electrons. The Morgan fingerprint density at radius 3 is 1.34 bits per heavy atom. The van der Waals surface area contributed by atoms with Crippen LogP contribution in [0, 0.1) is 5.41 Å². The van der Waals surface area contributed by atoms with Crippen molar-refractivity contribution in [3.8, 4) is 0 Å². The number of phosphoric ester groups is 1. The molecular formula is C53H84N3O14P. The van der Waals surface area contributed by atoms with Crippen molar-refractivity contribution in [2.24, 2.45) is 5.41 Å². The summed E-state index contributed by atoms with van der Waals surface area (Å²) in [6.07, 6.45) is 2.05. The molecule has 0 radical (unpaired) electrons. The highest BCUT2D eigenvalue weighted by Gasteiger charge is 2.41. The lowest BCUT2D eigenvalue weighted by atomic mass is 9.65. The molecule has 17 nitrogen and oxygen atoms in total. The van der Waals surface area contributed by atoms with Gasteiger partial charge in [-0.1, -0.05) is 81.4 Å². The van der Waals surface area contributed by atoms with Gasteiger partial charge in [-0.15, -0.1) is 0 Å². The Hall–Kier alpha value is -4.31. The van der Waals surface area contributed by atoms with E-state index in [9.17, 15) is 28.6 Å². The number of ether oxygens (including phenoxy) is 4. The number of hydrogen-bond donors (Lipinski definition) is 1. The number of phosphoric acid groups is 1. The van der Waals surface area contributed by atoms with Crippen LogP contribution in [0.5, 0.6) is 0 Å². The SMILES string of the molecule is CC(C)(C)CN(CC(=O)OC(C)(C)C)[C@@H](COP(=O)(O)OC1CCC(c2ccccc2)(c2ccccc2)CC1)CN(CCN(CC(=O)OC(C)(C)C)CC(=O)OC(C)(C)C)CC(=O)OC(C)(C)C.O=C=O. The zero-order chi connectivity index (χ0) is 54.1. The number of esters is 4. The van der Waals surface area contributed by atoms with Crippen LogP contribution in [-0.2, 0) is 66.7 Å². The smallest absolute Gasteiger partial charge is 0.459 e. The van der Waals surface area contributed by atoms with E-state index in [4.69, 9.17) is 37.6 Å².